The van der Waals surface area contributed by atoms with E-state index in [1.807, 2.05) is 44.6 Å². The molecule has 0 spiro atoms. The zero-order valence-electron chi connectivity index (χ0n) is 16.0. The molecule has 8 heteroatoms. The van der Waals surface area contributed by atoms with Crippen LogP contribution < -0.4 is 5.73 Å². The number of thioether (sulfide) groups is 1. The maximum Gasteiger partial charge on any atom is 0.421 e. The third-order valence-electron chi connectivity index (χ3n) is 4.14. The molecule has 1 heterocycles. The molecule has 0 aliphatic heterocycles. The van der Waals surface area contributed by atoms with Crippen LogP contribution >= 0.6 is 11.8 Å². The van der Waals surface area contributed by atoms with Gasteiger partial charge in [-0.1, -0.05) is 18.2 Å². The Morgan fingerprint density at radius 3 is 2.70 bits per heavy atom. The minimum atomic E-state index is -0.707. The van der Waals surface area contributed by atoms with E-state index in [0.29, 0.717) is 6.42 Å². The number of rotatable bonds is 9. The van der Waals surface area contributed by atoms with Gasteiger partial charge in [0.2, 0.25) is 6.79 Å². The fraction of sp³-hybridized carbons (Fsp3) is 0.474. The highest BCUT2D eigenvalue weighted by Crippen LogP contribution is 2.22. The van der Waals surface area contributed by atoms with Crippen LogP contribution in [0.3, 0.4) is 0 Å². The lowest BCUT2D eigenvalue weighted by molar-refractivity contribution is -0.153. The number of para-hydroxylation sites is 1. The lowest BCUT2D eigenvalue weighted by atomic mass is 10.1. The van der Waals surface area contributed by atoms with Crippen molar-refractivity contribution in [3.05, 3.63) is 36.0 Å². The second-order valence-corrected chi connectivity index (χ2v) is 7.46. The molecule has 0 saturated heterocycles. The second-order valence-electron chi connectivity index (χ2n) is 6.47. The standard InChI is InChI=1S/C19H27N3O4S/c1-21(2)10-8-14-12-22(17-7-5-4-6-15(14)17)19(24)26-13-25-18(23)16(20)9-11-27-3/h4-7,12,16H,8-11,13,20H2,1-3H3. The van der Waals surface area contributed by atoms with Gasteiger partial charge in [0.15, 0.2) is 0 Å². The minimum Gasteiger partial charge on any atom is -0.427 e. The van der Waals surface area contributed by atoms with Crippen LogP contribution in [0, 0.1) is 0 Å². The van der Waals surface area contributed by atoms with E-state index in [-0.39, 0.29) is 0 Å². The molecule has 0 aliphatic carbocycles. The molecule has 7 nitrogen and oxygen atoms in total. The van der Waals surface area contributed by atoms with E-state index in [0.717, 1.165) is 35.2 Å². The Morgan fingerprint density at radius 1 is 1.26 bits per heavy atom. The smallest absolute Gasteiger partial charge is 0.421 e. The van der Waals surface area contributed by atoms with E-state index in [4.69, 9.17) is 15.2 Å². The van der Waals surface area contributed by atoms with Crippen molar-refractivity contribution >= 4 is 34.7 Å². The Morgan fingerprint density at radius 2 is 2.00 bits per heavy atom. The highest BCUT2D eigenvalue weighted by Gasteiger charge is 2.17. The Balaban J connectivity index is 2.00. The summed E-state index contributed by atoms with van der Waals surface area (Å²) in [6.45, 7) is 0.415. The van der Waals surface area contributed by atoms with Gasteiger partial charge < -0.3 is 20.1 Å². The number of aromatic nitrogens is 1. The molecule has 0 amide bonds. The third kappa shape index (κ3) is 5.98. The molecule has 0 radical (unpaired) electrons. The number of nitrogens with two attached hydrogens (primary N) is 1. The SMILES string of the molecule is CSCCC(N)C(=O)OCOC(=O)n1cc(CCN(C)C)c2ccccc21. The van der Waals surface area contributed by atoms with Gasteiger partial charge in [-0.3, -0.25) is 9.36 Å². The highest BCUT2D eigenvalue weighted by atomic mass is 32.2. The van der Waals surface area contributed by atoms with Crippen molar-refractivity contribution in [3.63, 3.8) is 0 Å². The molecule has 0 saturated carbocycles. The highest BCUT2D eigenvalue weighted by molar-refractivity contribution is 7.98. The first-order chi connectivity index (χ1) is 12.9. The maximum atomic E-state index is 12.4. The van der Waals surface area contributed by atoms with E-state index in [2.05, 4.69) is 4.90 Å². The first-order valence-corrected chi connectivity index (χ1v) is 10.2. The Bertz CT molecular complexity index is 775. The second kappa shape index (κ2) is 10.3. The predicted molar refractivity (Wildman–Crippen MR) is 108 cm³/mol. The molecule has 0 bridgehead atoms. The number of carbonyl (C=O) groups is 2. The van der Waals surface area contributed by atoms with Crippen molar-refractivity contribution in [2.45, 2.75) is 18.9 Å². The molecule has 0 aliphatic rings. The van der Waals surface area contributed by atoms with Gasteiger partial charge in [0.05, 0.1) is 5.52 Å². The van der Waals surface area contributed by atoms with Gasteiger partial charge in [0, 0.05) is 18.1 Å². The number of nitrogens with zero attached hydrogens (tertiary/aromatic N) is 2. The van der Waals surface area contributed by atoms with E-state index in [9.17, 15) is 9.59 Å². The van der Waals surface area contributed by atoms with Crippen molar-refractivity contribution in [3.8, 4) is 0 Å². The monoisotopic (exact) mass is 393 g/mol. The first kappa shape index (κ1) is 21.3. The molecule has 2 aromatic rings. The first-order valence-electron chi connectivity index (χ1n) is 8.76. The normalized spacial score (nSPS) is 12.3. The molecule has 27 heavy (non-hydrogen) atoms. The van der Waals surface area contributed by atoms with Gasteiger partial charge in [-0.2, -0.15) is 11.8 Å². The summed E-state index contributed by atoms with van der Waals surface area (Å²) in [6.07, 6.45) is 4.46. The van der Waals surface area contributed by atoms with Gasteiger partial charge in [-0.25, -0.2) is 4.79 Å². The van der Waals surface area contributed by atoms with Crippen LogP contribution in [0.2, 0.25) is 0 Å². The number of hydrogen-bond acceptors (Lipinski definition) is 7. The number of fused-ring (bicyclic) bond motifs is 1. The Kier molecular flexibility index (Phi) is 8.15. The number of carbonyl (C=O) groups excluding carboxylic acids is 2. The molecular formula is C19H27N3O4S. The zero-order valence-corrected chi connectivity index (χ0v) is 16.8. The zero-order chi connectivity index (χ0) is 19.8. The Labute approximate surface area is 163 Å². The van der Waals surface area contributed by atoms with Crippen molar-refractivity contribution < 1.29 is 19.1 Å². The maximum absolute atomic E-state index is 12.4. The molecule has 1 unspecified atom stereocenters. The average Bonchev–Trinajstić information content (AvgIpc) is 3.03. The molecule has 0 fully saturated rings. The van der Waals surface area contributed by atoms with Crippen LogP contribution in [0.25, 0.3) is 10.9 Å². The Hall–Kier alpha value is -2.03. The lowest BCUT2D eigenvalue weighted by Crippen LogP contribution is -2.33. The summed E-state index contributed by atoms with van der Waals surface area (Å²) in [5.74, 6) is 0.196. The number of hydrogen-bond donors (Lipinski definition) is 1. The summed E-state index contributed by atoms with van der Waals surface area (Å²) in [5.41, 5.74) is 7.55. The lowest BCUT2D eigenvalue weighted by Gasteiger charge is -2.11. The van der Waals surface area contributed by atoms with E-state index >= 15 is 0 Å². The molecule has 1 aromatic heterocycles. The van der Waals surface area contributed by atoms with Crippen LogP contribution in [-0.2, 0) is 20.7 Å². The summed E-state index contributed by atoms with van der Waals surface area (Å²) < 4.78 is 11.5. The van der Waals surface area contributed by atoms with Crippen LogP contribution in [0.15, 0.2) is 30.5 Å². The van der Waals surface area contributed by atoms with Gasteiger partial charge >= 0.3 is 12.1 Å². The fourth-order valence-corrected chi connectivity index (χ4v) is 3.11. The number of ether oxygens (including phenoxy) is 2. The van der Waals surface area contributed by atoms with Gasteiger partial charge in [0.1, 0.15) is 6.04 Å². The largest absolute Gasteiger partial charge is 0.427 e. The summed E-state index contributed by atoms with van der Waals surface area (Å²) in [7, 11) is 4.01. The molecule has 2 N–H and O–H groups in total. The van der Waals surface area contributed by atoms with Gasteiger partial charge in [-0.15, -0.1) is 0 Å². The van der Waals surface area contributed by atoms with Crippen molar-refractivity contribution in [1.82, 2.24) is 9.47 Å². The number of benzene rings is 1. The van der Waals surface area contributed by atoms with Crippen LogP contribution in [0.5, 0.6) is 0 Å². The molecule has 1 atom stereocenters. The van der Waals surface area contributed by atoms with Crippen LogP contribution in [0.4, 0.5) is 4.79 Å². The fourth-order valence-electron chi connectivity index (χ4n) is 2.62. The van der Waals surface area contributed by atoms with Crippen molar-refractivity contribution in [2.24, 2.45) is 5.73 Å². The summed E-state index contributed by atoms with van der Waals surface area (Å²) >= 11 is 1.60. The van der Waals surface area contributed by atoms with Crippen molar-refractivity contribution in [1.29, 1.82) is 0 Å². The third-order valence-corrected chi connectivity index (χ3v) is 4.78. The van der Waals surface area contributed by atoms with Crippen LogP contribution in [-0.4, -0.2) is 67.0 Å². The van der Waals surface area contributed by atoms with Crippen molar-refractivity contribution in [2.75, 3.05) is 39.4 Å². The van der Waals surface area contributed by atoms with E-state index in [1.54, 1.807) is 18.0 Å². The van der Waals surface area contributed by atoms with Crippen LogP contribution in [0.1, 0.15) is 12.0 Å². The summed E-state index contributed by atoms with van der Waals surface area (Å²) in [5, 5.41) is 1.01. The predicted octanol–water partition coefficient (Wildman–Crippen LogP) is 2.31. The van der Waals surface area contributed by atoms with E-state index < -0.39 is 24.9 Å². The summed E-state index contributed by atoms with van der Waals surface area (Å²) in [6, 6.07) is 6.94. The minimum absolute atomic E-state index is 0.454. The molecular weight excluding hydrogens is 366 g/mol. The van der Waals surface area contributed by atoms with E-state index in [1.165, 1.54) is 4.57 Å². The van der Waals surface area contributed by atoms with Gasteiger partial charge in [-0.05, 0) is 50.6 Å². The average molecular weight is 394 g/mol. The number of esters is 1. The topological polar surface area (TPSA) is 86.8 Å². The quantitative estimate of drug-likeness (QED) is 0.517. The molecule has 148 valence electrons. The molecule has 2 rings (SSSR count). The summed E-state index contributed by atoms with van der Waals surface area (Å²) in [4.78, 5) is 26.3. The van der Waals surface area contributed by atoms with Gasteiger partial charge in [0.25, 0.3) is 0 Å². The number of likely N-dealkylation sites (N-methyl/N-ethyl adjacent to an activating group) is 1. The molecule has 1 aromatic carbocycles.